The zero-order valence-electron chi connectivity index (χ0n) is 8.35. The zero-order chi connectivity index (χ0) is 9.61. The van der Waals surface area contributed by atoms with Gasteiger partial charge in [-0.15, -0.1) is 0 Å². The first-order valence-electron chi connectivity index (χ1n) is 4.20. The van der Waals surface area contributed by atoms with Crippen LogP contribution < -0.4 is 5.32 Å². The molecule has 0 spiro atoms. The normalized spacial score (nSPS) is 13.9. The third kappa shape index (κ3) is 6.14. The molecule has 0 aromatic rings. The second kappa shape index (κ2) is 5.13. The highest BCUT2D eigenvalue weighted by molar-refractivity contribution is 4.88. The Kier molecular flexibility index (Phi) is 4.87. The smallest absolute Gasteiger partial charge is 0.0972 e. The van der Waals surface area contributed by atoms with E-state index < -0.39 is 0 Å². The average molecular weight is 170 g/mol. The molecule has 3 heteroatoms. The van der Waals surface area contributed by atoms with Crippen molar-refractivity contribution in [1.29, 1.82) is 5.26 Å². The van der Waals surface area contributed by atoms with E-state index in [1.807, 2.05) is 20.8 Å². The Hall–Kier alpha value is -0.590. The van der Waals surface area contributed by atoms with Crippen molar-refractivity contribution in [3.8, 4) is 6.07 Å². The first kappa shape index (κ1) is 11.4. The van der Waals surface area contributed by atoms with Crippen molar-refractivity contribution in [3.05, 3.63) is 0 Å². The summed E-state index contributed by atoms with van der Waals surface area (Å²) in [7, 11) is 1.78. The van der Waals surface area contributed by atoms with E-state index in [0.29, 0.717) is 6.61 Å². The molecule has 0 saturated carbocycles. The Morgan fingerprint density at radius 3 is 2.42 bits per heavy atom. The van der Waals surface area contributed by atoms with Crippen molar-refractivity contribution >= 4 is 0 Å². The van der Waals surface area contributed by atoms with Crippen molar-refractivity contribution in [2.75, 3.05) is 13.7 Å². The van der Waals surface area contributed by atoms with Gasteiger partial charge >= 0.3 is 0 Å². The lowest BCUT2D eigenvalue weighted by Gasteiger charge is -2.20. The van der Waals surface area contributed by atoms with Crippen LogP contribution >= 0.6 is 0 Å². The van der Waals surface area contributed by atoms with Gasteiger partial charge in [-0.05, 0) is 34.2 Å². The molecule has 0 radical (unpaired) electrons. The maximum atomic E-state index is 8.59. The zero-order valence-corrected chi connectivity index (χ0v) is 8.35. The van der Waals surface area contributed by atoms with Crippen molar-refractivity contribution in [3.63, 3.8) is 0 Å². The highest BCUT2D eigenvalue weighted by Gasteiger charge is 2.11. The first-order chi connectivity index (χ1) is 5.49. The van der Waals surface area contributed by atoms with Crippen LogP contribution in [0.2, 0.25) is 0 Å². The highest BCUT2D eigenvalue weighted by atomic mass is 16.5. The molecule has 0 aliphatic rings. The largest absolute Gasteiger partial charge is 0.376 e. The van der Waals surface area contributed by atoms with Crippen LogP contribution in [0.25, 0.3) is 0 Å². The van der Waals surface area contributed by atoms with Crippen molar-refractivity contribution in [2.24, 2.45) is 0 Å². The summed E-state index contributed by atoms with van der Waals surface area (Å²) in [6.07, 6.45) is 0.740. The number of nitrogens with zero attached hydrogens (tertiary/aromatic N) is 1. The van der Waals surface area contributed by atoms with Crippen LogP contribution in [0.3, 0.4) is 0 Å². The van der Waals surface area contributed by atoms with Gasteiger partial charge in [-0.25, -0.2) is 0 Å². The van der Waals surface area contributed by atoms with Gasteiger partial charge in [-0.2, -0.15) is 5.26 Å². The van der Waals surface area contributed by atoms with Gasteiger partial charge in [0.25, 0.3) is 0 Å². The summed E-state index contributed by atoms with van der Waals surface area (Å²) in [5, 5.41) is 11.5. The number of nitriles is 1. The summed E-state index contributed by atoms with van der Waals surface area (Å²) < 4.78 is 5.47. The fourth-order valence-electron chi connectivity index (χ4n) is 0.756. The number of nitrogens with one attached hydrogen (secondary N) is 1. The number of hydrogen-bond acceptors (Lipinski definition) is 3. The minimum absolute atomic E-state index is 0.0904. The minimum Gasteiger partial charge on any atom is -0.376 e. The summed E-state index contributed by atoms with van der Waals surface area (Å²) in [5.41, 5.74) is -0.103. The van der Waals surface area contributed by atoms with Crippen LogP contribution in [0.15, 0.2) is 0 Å². The molecule has 3 nitrogen and oxygen atoms in total. The molecule has 70 valence electrons. The lowest BCUT2D eigenvalue weighted by atomic mass is 10.2. The van der Waals surface area contributed by atoms with Gasteiger partial charge in [-0.3, -0.25) is 0 Å². The molecule has 0 aromatic carbocycles. The quantitative estimate of drug-likeness (QED) is 0.691. The first-order valence-corrected chi connectivity index (χ1v) is 4.20. The molecule has 0 aliphatic carbocycles. The van der Waals surface area contributed by atoms with E-state index in [1.54, 1.807) is 7.05 Å². The predicted molar refractivity (Wildman–Crippen MR) is 48.8 cm³/mol. The fourth-order valence-corrected chi connectivity index (χ4v) is 0.756. The molecule has 0 aliphatic heterocycles. The summed E-state index contributed by atoms with van der Waals surface area (Å²) >= 11 is 0. The van der Waals surface area contributed by atoms with Crippen LogP contribution in [0.5, 0.6) is 0 Å². The molecule has 1 unspecified atom stereocenters. The molecule has 0 fully saturated rings. The minimum atomic E-state index is -0.103. The lowest BCUT2D eigenvalue weighted by molar-refractivity contribution is -0.00537. The lowest BCUT2D eigenvalue weighted by Crippen LogP contribution is -2.27. The van der Waals surface area contributed by atoms with Gasteiger partial charge in [0.05, 0.1) is 17.7 Å². The molecule has 1 atom stereocenters. The fraction of sp³-hybridized carbons (Fsp3) is 0.889. The van der Waals surface area contributed by atoms with E-state index in [-0.39, 0.29) is 11.6 Å². The van der Waals surface area contributed by atoms with Crippen LogP contribution in [0.4, 0.5) is 0 Å². The maximum Gasteiger partial charge on any atom is 0.0972 e. The number of hydrogen-bond donors (Lipinski definition) is 1. The Balaban J connectivity index is 3.50. The van der Waals surface area contributed by atoms with E-state index in [4.69, 9.17) is 10.00 Å². The van der Waals surface area contributed by atoms with Gasteiger partial charge < -0.3 is 10.1 Å². The van der Waals surface area contributed by atoms with Crippen LogP contribution in [-0.4, -0.2) is 25.3 Å². The molecule has 0 bridgehead atoms. The predicted octanol–water partition coefficient (Wildman–Crippen LogP) is 1.30. The molecular weight excluding hydrogens is 152 g/mol. The summed E-state index contributed by atoms with van der Waals surface area (Å²) in [5.74, 6) is 0. The average Bonchev–Trinajstić information content (AvgIpc) is 1.96. The monoisotopic (exact) mass is 170 g/mol. The van der Waals surface area contributed by atoms with E-state index in [0.717, 1.165) is 6.42 Å². The van der Waals surface area contributed by atoms with E-state index in [1.165, 1.54) is 0 Å². The Bertz CT molecular complexity index is 155. The van der Waals surface area contributed by atoms with E-state index in [2.05, 4.69) is 11.4 Å². The van der Waals surface area contributed by atoms with Gasteiger partial charge in [0.1, 0.15) is 0 Å². The second-order valence-corrected chi connectivity index (χ2v) is 3.72. The molecule has 1 N–H and O–H groups in total. The Morgan fingerprint density at radius 2 is 2.08 bits per heavy atom. The SMILES string of the molecule is CNC(C#N)CCOC(C)(C)C. The summed E-state index contributed by atoms with van der Waals surface area (Å²) in [6.45, 7) is 6.65. The van der Waals surface area contributed by atoms with Gasteiger partial charge in [0.15, 0.2) is 0 Å². The molecule has 0 amide bonds. The summed E-state index contributed by atoms with van der Waals surface area (Å²) in [4.78, 5) is 0. The second-order valence-electron chi connectivity index (χ2n) is 3.72. The standard InChI is InChI=1S/C9H18N2O/c1-9(2,3)12-6-5-8(7-10)11-4/h8,11H,5-6H2,1-4H3. The maximum absolute atomic E-state index is 8.59. The third-order valence-corrected chi connectivity index (χ3v) is 1.45. The summed E-state index contributed by atoms with van der Waals surface area (Å²) in [6, 6.07) is 2.06. The molecule has 12 heavy (non-hydrogen) atoms. The van der Waals surface area contributed by atoms with Gasteiger partial charge in [0.2, 0.25) is 0 Å². The number of rotatable bonds is 4. The van der Waals surface area contributed by atoms with Crippen LogP contribution in [0, 0.1) is 11.3 Å². The van der Waals surface area contributed by atoms with Crippen LogP contribution in [-0.2, 0) is 4.74 Å². The Labute approximate surface area is 74.7 Å². The van der Waals surface area contributed by atoms with E-state index in [9.17, 15) is 0 Å². The van der Waals surface area contributed by atoms with Gasteiger partial charge in [-0.1, -0.05) is 0 Å². The third-order valence-electron chi connectivity index (χ3n) is 1.45. The van der Waals surface area contributed by atoms with E-state index >= 15 is 0 Å². The highest BCUT2D eigenvalue weighted by Crippen LogP contribution is 2.07. The molecular formula is C9H18N2O. The van der Waals surface area contributed by atoms with Crippen LogP contribution in [0.1, 0.15) is 27.2 Å². The molecule has 0 aromatic heterocycles. The van der Waals surface area contributed by atoms with Crippen molar-refractivity contribution < 1.29 is 4.74 Å². The molecule has 0 heterocycles. The van der Waals surface area contributed by atoms with Crippen molar-refractivity contribution in [1.82, 2.24) is 5.32 Å². The topological polar surface area (TPSA) is 45.0 Å². The number of ether oxygens (including phenoxy) is 1. The molecule has 0 saturated heterocycles. The Morgan fingerprint density at radius 1 is 1.50 bits per heavy atom. The molecule has 0 rings (SSSR count). The van der Waals surface area contributed by atoms with Crippen molar-refractivity contribution in [2.45, 2.75) is 38.8 Å². The van der Waals surface area contributed by atoms with Gasteiger partial charge in [0, 0.05) is 6.61 Å².